The third-order valence-corrected chi connectivity index (χ3v) is 6.37. The highest BCUT2D eigenvalue weighted by molar-refractivity contribution is 5.88. The van der Waals surface area contributed by atoms with Crippen molar-refractivity contribution >= 4 is 23.8 Å². The van der Waals surface area contributed by atoms with E-state index in [0.29, 0.717) is 19.4 Å². The van der Waals surface area contributed by atoms with E-state index < -0.39 is 29.8 Å². The Hall–Kier alpha value is -4.14. The van der Waals surface area contributed by atoms with Crippen LogP contribution in [0.2, 0.25) is 0 Å². The zero-order chi connectivity index (χ0) is 26.8. The number of methoxy groups -OCH3 is 1. The number of nitrogens with two attached hydrogens (primary N) is 2. The van der Waals surface area contributed by atoms with Gasteiger partial charge < -0.3 is 26.3 Å². The van der Waals surface area contributed by atoms with Crippen molar-refractivity contribution in [3.63, 3.8) is 0 Å². The van der Waals surface area contributed by atoms with Crippen LogP contribution in [0.3, 0.4) is 0 Å². The van der Waals surface area contributed by atoms with Crippen LogP contribution in [-0.2, 0) is 23.9 Å². The number of carbonyl (C=O) groups excluding carboxylic acids is 3. The number of aliphatic imine (C=N–C) groups is 1. The van der Waals surface area contributed by atoms with E-state index >= 15 is 0 Å². The SMILES string of the molecule is C=CC[C@H](NC(=O)[C@@H](CCCN=C(N)N)CC(=O)OCC1c2ccccc2-c2ccccc21)C(=O)OC. The van der Waals surface area contributed by atoms with Crippen LogP contribution in [0.5, 0.6) is 0 Å². The molecule has 0 spiro atoms. The van der Waals surface area contributed by atoms with E-state index in [-0.39, 0.29) is 31.3 Å². The molecule has 0 radical (unpaired) electrons. The Labute approximate surface area is 216 Å². The number of benzene rings is 2. The van der Waals surface area contributed by atoms with E-state index in [1.165, 1.54) is 13.2 Å². The molecule has 0 heterocycles. The lowest BCUT2D eigenvalue weighted by Gasteiger charge is -2.21. The maximum Gasteiger partial charge on any atom is 0.328 e. The third-order valence-electron chi connectivity index (χ3n) is 6.37. The number of amides is 1. The number of carbonyl (C=O) groups is 3. The molecule has 3 rings (SSSR count). The number of fused-ring (bicyclic) bond motifs is 3. The van der Waals surface area contributed by atoms with Crippen LogP contribution in [0.4, 0.5) is 0 Å². The molecule has 0 aliphatic heterocycles. The summed E-state index contributed by atoms with van der Waals surface area (Å²) in [5, 5.41) is 2.67. The fraction of sp³-hybridized carbons (Fsp3) is 0.357. The third kappa shape index (κ3) is 7.19. The molecule has 0 bridgehead atoms. The summed E-state index contributed by atoms with van der Waals surface area (Å²) in [5.74, 6) is -2.40. The van der Waals surface area contributed by atoms with Crippen molar-refractivity contribution in [3.8, 4) is 11.1 Å². The zero-order valence-corrected chi connectivity index (χ0v) is 21.0. The normalized spacial score (nSPS) is 13.4. The summed E-state index contributed by atoms with van der Waals surface area (Å²) >= 11 is 0. The molecule has 0 aromatic heterocycles. The standard InChI is InChI=1S/C28H34N4O5/c1-3-9-24(27(35)36-2)32-26(34)18(10-8-15-31-28(29)30)16-25(33)37-17-23-21-13-6-4-11-19(21)20-12-5-7-14-22(20)23/h3-7,11-14,18,23-24H,1,8-10,15-17H2,2H3,(H,32,34)(H4,29,30,31)/t18-,24-/m0/s1. The van der Waals surface area contributed by atoms with Crippen LogP contribution in [-0.4, -0.2) is 50.1 Å². The molecule has 5 N–H and O–H groups in total. The number of hydrogen-bond donors (Lipinski definition) is 3. The summed E-state index contributed by atoms with van der Waals surface area (Å²) < 4.78 is 10.5. The van der Waals surface area contributed by atoms with E-state index in [1.807, 2.05) is 36.4 Å². The summed E-state index contributed by atoms with van der Waals surface area (Å²) in [6.07, 6.45) is 2.36. The van der Waals surface area contributed by atoms with Gasteiger partial charge in [0.2, 0.25) is 5.91 Å². The molecule has 1 aliphatic carbocycles. The molecule has 2 aromatic rings. The number of rotatable bonds is 13. The highest BCUT2D eigenvalue weighted by Crippen LogP contribution is 2.44. The maximum atomic E-state index is 13.1. The molecule has 2 atom stereocenters. The molecule has 9 heteroatoms. The predicted octanol–water partition coefficient (Wildman–Crippen LogP) is 2.64. The van der Waals surface area contributed by atoms with E-state index in [9.17, 15) is 14.4 Å². The Morgan fingerprint density at radius 1 is 1.08 bits per heavy atom. The lowest BCUT2D eigenvalue weighted by atomic mass is 9.97. The van der Waals surface area contributed by atoms with Crippen LogP contribution in [0.25, 0.3) is 11.1 Å². The summed E-state index contributed by atoms with van der Waals surface area (Å²) in [5.41, 5.74) is 15.2. The van der Waals surface area contributed by atoms with Gasteiger partial charge in [0.25, 0.3) is 0 Å². The summed E-state index contributed by atoms with van der Waals surface area (Å²) in [4.78, 5) is 41.9. The number of esters is 2. The second kappa shape index (κ2) is 13.2. The lowest BCUT2D eigenvalue weighted by Crippen LogP contribution is -2.44. The molecule has 2 aromatic carbocycles. The number of guanidine groups is 1. The Morgan fingerprint density at radius 3 is 2.27 bits per heavy atom. The van der Waals surface area contributed by atoms with Crippen molar-refractivity contribution in [2.24, 2.45) is 22.4 Å². The van der Waals surface area contributed by atoms with Gasteiger partial charge in [-0.05, 0) is 41.5 Å². The van der Waals surface area contributed by atoms with Crippen LogP contribution in [0, 0.1) is 5.92 Å². The van der Waals surface area contributed by atoms with Gasteiger partial charge in [0.1, 0.15) is 12.6 Å². The van der Waals surface area contributed by atoms with Gasteiger partial charge in [-0.1, -0.05) is 54.6 Å². The number of ether oxygens (including phenoxy) is 2. The highest BCUT2D eigenvalue weighted by Gasteiger charge is 2.31. The molecular weight excluding hydrogens is 472 g/mol. The van der Waals surface area contributed by atoms with E-state index in [4.69, 9.17) is 20.9 Å². The molecule has 0 fully saturated rings. The highest BCUT2D eigenvalue weighted by atomic mass is 16.5. The summed E-state index contributed by atoms with van der Waals surface area (Å²) in [7, 11) is 1.24. The van der Waals surface area contributed by atoms with Crippen molar-refractivity contribution in [2.75, 3.05) is 20.3 Å². The summed E-state index contributed by atoms with van der Waals surface area (Å²) in [6, 6.07) is 15.2. The lowest BCUT2D eigenvalue weighted by molar-refractivity contribution is -0.148. The van der Waals surface area contributed by atoms with Gasteiger partial charge in [0.15, 0.2) is 5.96 Å². The number of nitrogens with one attached hydrogen (secondary N) is 1. The molecule has 37 heavy (non-hydrogen) atoms. The van der Waals surface area contributed by atoms with Crippen molar-refractivity contribution < 1.29 is 23.9 Å². The Morgan fingerprint density at radius 2 is 1.70 bits per heavy atom. The fourth-order valence-electron chi connectivity index (χ4n) is 4.56. The molecule has 0 saturated carbocycles. The topological polar surface area (TPSA) is 146 Å². The first-order valence-corrected chi connectivity index (χ1v) is 12.2. The molecule has 1 amide bonds. The van der Waals surface area contributed by atoms with Crippen LogP contribution in [0.15, 0.2) is 66.2 Å². The van der Waals surface area contributed by atoms with Crippen LogP contribution < -0.4 is 16.8 Å². The van der Waals surface area contributed by atoms with Crippen molar-refractivity contribution in [1.29, 1.82) is 0 Å². The number of nitrogens with zero attached hydrogens (tertiary/aromatic N) is 1. The minimum Gasteiger partial charge on any atom is -0.467 e. The van der Waals surface area contributed by atoms with Crippen molar-refractivity contribution in [3.05, 3.63) is 72.3 Å². The van der Waals surface area contributed by atoms with Gasteiger partial charge in [-0.2, -0.15) is 0 Å². The van der Waals surface area contributed by atoms with Gasteiger partial charge >= 0.3 is 11.9 Å². The van der Waals surface area contributed by atoms with Gasteiger partial charge in [-0.25, -0.2) is 4.79 Å². The smallest absolute Gasteiger partial charge is 0.328 e. The van der Waals surface area contributed by atoms with Crippen molar-refractivity contribution in [1.82, 2.24) is 5.32 Å². The second-order valence-corrected chi connectivity index (χ2v) is 8.87. The average Bonchev–Trinajstić information content (AvgIpc) is 3.22. The minimum absolute atomic E-state index is 0.0470. The Balaban J connectivity index is 1.67. The van der Waals surface area contributed by atoms with E-state index in [2.05, 4.69) is 29.0 Å². The second-order valence-electron chi connectivity index (χ2n) is 8.87. The molecule has 1 aliphatic rings. The molecule has 9 nitrogen and oxygen atoms in total. The molecule has 0 unspecified atom stereocenters. The maximum absolute atomic E-state index is 13.1. The predicted molar refractivity (Wildman–Crippen MR) is 141 cm³/mol. The van der Waals surface area contributed by atoms with Gasteiger partial charge in [0, 0.05) is 18.4 Å². The summed E-state index contributed by atoms with van der Waals surface area (Å²) in [6.45, 7) is 4.09. The quantitative estimate of drug-likeness (QED) is 0.124. The van der Waals surface area contributed by atoms with Crippen LogP contribution >= 0.6 is 0 Å². The van der Waals surface area contributed by atoms with E-state index in [0.717, 1.165) is 22.3 Å². The monoisotopic (exact) mass is 506 g/mol. The fourth-order valence-corrected chi connectivity index (χ4v) is 4.56. The Bertz CT molecular complexity index is 1110. The Kier molecular flexibility index (Phi) is 9.83. The molecular formula is C28H34N4O5. The van der Waals surface area contributed by atoms with Crippen LogP contribution in [0.1, 0.15) is 42.7 Å². The zero-order valence-electron chi connectivity index (χ0n) is 21.0. The van der Waals surface area contributed by atoms with Gasteiger partial charge in [-0.3, -0.25) is 14.6 Å². The van der Waals surface area contributed by atoms with Gasteiger partial charge in [0.05, 0.1) is 13.5 Å². The van der Waals surface area contributed by atoms with E-state index in [1.54, 1.807) is 0 Å². The molecule has 0 saturated heterocycles. The largest absolute Gasteiger partial charge is 0.467 e. The molecule has 196 valence electrons. The number of hydrogen-bond acceptors (Lipinski definition) is 6. The first-order valence-electron chi connectivity index (χ1n) is 12.2. The minimum atomic E-state index is -0.891. The first-order chi connectivity index (χ1) is 17.8. The van der Waals surface area contributed by atoms with Crippen molar-refractivity contribution in [2.45, 2.75) is 37.6 Å². The van der Waals surface area contributed by atoms with Gasteiger partial charge in [-0.15, -0.1) is 6.58 Å². The average molecular weight is 507 g/mol. The first kappa shape index (κ1) is 27.4.